The quantitative estimate of drug-likeness (QED) is 0.487. The zero-order chi connectivity index (χ0) is 18.1. The van der Waals surface area contributed by atoms with Crippen molar-refractivity contribution in [2.45, 2.75) is 6.61 Å². The normalized spacial score (nSPS) is 11.0. The van der Waals surface area contributed by atoms with Gasteiger partial charge in [-0.05, 0) is 36.4 Å². The molecule has 0 saturated carbocycles. The Kier molecular flexibility index (Phi) is 3.98. The molecule has 0 fully saturated rings. The Morgan fingerprint density at radius 3 is 2.77 bits per heavy atom. The van der Waals surface area contributed by atoms with Crippen molar-refractivity contribution in [2.24, 2.45) is 0 Å². The fourth-order valence-corrected chi connectivity index (χ4v) is 2.93. The monoisotopic (exact) mass is 348 g/mol. The van der Waals surface area contributed by atoms with Crippen LogP contribution in [0.25, 0.3) is 21.8 Å². The molecule has 0 spiro atoms. The van der Waals surface area contributed by atoms with Gasteiger partial charge < -0.3 is 20.3 Å². The third-order valence-corrected chi connectivity index (χ3v) is 4.21. The van der Waals surface area contributed by atoms with Gasteiger partial charge in [-0.15, -0.1) is 0 Å². The van der Waals surface area contributed by atoms with E-state index in [1.807, 2.05) is 12.1 Å². The van der Waals surface area contributed by atoms with Gasteiger partial charge in [-0.3, -0.25) is 4.98 Å². The highest BCUT2D eigenvalue weighted by Crippen LogP contribution is 2.34. The van der Waals surface area contributed by atoms with E-state index < -0.39 is 0 Å². The molecule has 0 atom stereocenters. The number of aliphatic hydroxyl groups is 1. The number of phenolic OH excluding ortho intramolecular Hbond substituents is 1. The second-order valence-corrected chi connectivity index (χ2v) is 5.72. The fraction of sp³-hybridized carbons (Fsp3) is 0.105. The third-order valence-electron chi connectivity index (χ3n) is 4.21. The highest BCUT2D eigenvalue weighted by molar-refractivity contribution is 5.99. The minimum atomic E-state index is -0.139. The number of nitrogens with zero attached hydrogens (tertiary/aromatic N) is 3. The lowest BCUT2D eigenvalue weighted by atomic mass is 10.1. The number of hydrogen-bond acceptors (Lipinski definition) is 7. The van der Waals surface area contributed by atoms with Crippen molar-refractivity contribution in [3.05, 3.63) is 54.5 Å². The van der Waals surface area contributed by atoms with Crippen molar-refractivity contribution in [2.75, 3.05) is 12.4 Å². The average molecular weight is 348 g/mol. The first-order valence-corrected chi connectivity index (χ1v) is 7.97. The lowest BCUT2D eigenvalue weighted by Crippen LogP contribution is -1.99. The van der Waals surface area contributed by atoms with Gasteiger partial charge in [0.1, 0.15) is 29.2 Å². The summed E-state index contributed by atoms with van der Waals surface area (Å²) in [6.45, 7) is -0.139. The molecule has 7 heteroatoms. The molecule has 4 aromatic rings. The maximum atomic E-state index is 10.0. The molecule has 0 radical (unpaired) electrons. The zero-order valence-corrected chi connectivity index (χ0v) is 14.0. The Bertz CT molecular complexity index is 1110. The molecule has 0 unspecified atom stereocenters. The number of nitrogens with one attached hydrogen (secondary N) is 1. The first-order chi connectivity index (χ1) is 12.7. The van der Waals surface area contributed by atoms with E-state index in [2.05, 4.69) is 20.3 Å². The second-order valence-electron chi connectivity index (χ2n) is 5.72. The fourth-order valence-electron chi connectivity index (χ4n) is 2.93. The number of hydrogen-bond donors (Lipinski definition) is 3. The van der Waals surface area contributed by atoms with Crippen LogP contribution in [0.5, 0.6) is 11.5 Å². The van der Waals surface area contributed by atoms with Crippen LogP contribution in [0.1, 0.15) is 5.56 Å². The average Bonchev–Trinajstić information content (AvgIpc) is 2.69. The van der Waals surface area contributed by atoms with Gasteiger partial charge in [0, 0.05) is 28.2 Å². The van der Waals surface area contributed by atoms with E-state index in [-0.39, 0.29) is 12.4 Å². The van der Waals surface area contributed by atoms with Crippen LogP contribution in [-0.2, 0) is 6.61 Å². The maximum Gasteiger partial charge on any atom is 0.141 e. The summed E-state index contributed by atoms with van der Waals surface area (Å²) < 4.78 is 5.35. The molecule has 0 amide bonds. The number of ether oxygens (including phenoxy) is 1. The summed E-state index contributed by atoms with van der Waals surface area (Å²) in [5, 5.41) is 24.3. The molecule has 26 heavy (non-hydrogen) atoms. The van der Waals surface area contributed by atoms with E-state index in [1.54, 1.807) is 37.6 Å². The van der Waals surface area contributed by atoms with E-state index >= 15 is 0 Å². The van der Waals surface area contributed by atoms with Crippen LogP contribution in [-0.4, -0.2) is 32.3 Å². The number of pyridine rings is 1. The standard InChI is InChI=1S/C19H16N4O3/c1-26-17-8-13-15(7-11(17)9-24)21-10-22-19(13)23-14-4-5-16(25)18-12(14)3-2-6-20-18/h2-8,10,24-25H,9H2,1H3,(H,21,22,23). The number of fused-ring (bicyclic) bond motifs is 2. The van der Waals surface area contributed by atoms with Crippen molar-refractivity contribution in [1.82, 2.24) is 15.0 Å². The predicted octanol–water partition coefficient (Wildman–Crippen LogP) is 3.13. The van der Waals surface area contributed by atoms with Crippen molar-refractivity contribution in [3.63, 3.8) is 0 Å². The number of aliphatic hydroxyl groups excluding tert-OH is 1. The summed E-state index contributed by atoms with van der Waals surface area (Å²) in [5.41, 5.74) is 2.62. The molecule has 4 rings (SSSR count). The predicted molar refractivity (Wildman–Crippen MR) is 98.7 cm³/mol. The largest absolute Gasteiger partial charge is 0.506 e. The van der Waals surface area contributed by atoms with Crippen molar-refractivity contribution in [3.8, 4) is 11.5 Å². The van der Waals surface area contributed by atoms with Gasteiger partial charge in [-0.2, -0.15) is 0 Å². The molecule has 0 bridgehead atoms. The van der Waals surface area contributed by atoms with Gasteiger partial charge in [-0.25, -0.2) is 9.97 Å². The Hall–Kier alpha value is -3.45. The van der Waals surface area contributed by atoms with Gasteiger partial charge in [0.25, 0.3) is 0 Å². The van der Waals surface area contributed by atoms with E-state index in [1.165, 1.54) is 6.33 Å². The van der Waals surface area contributed by atoms with Crippen molar-refractivity contribution >= 4 is 33.3 Å². The molecular formula is C19H16N4O3. The van der Waals surface area contributed by atoms with Crippen molar-refractivity contribution < 1.29 is 14.9 Å². The van der Waals surface area contributed by atoms with E-state index in [0.29, 0.717) is 28.2 Å². The van der Waals surface area contributed by atoms with Crippen LogP contribution in [0, 0.1) is 0 Å². The first-order valence-electron chi connectivity index (χ1n) is 7.97. The number of aromatic hydroxyl groups is 1. The summed E-state index contributed by atoms with van der Waals surface area (Å²) in [6.07, 6.45) is 3.09. The summed E-state index contributed by atoms with van der Waals surface area (Å²) >= 11 is 0. The lowest BCUT2D eigenvalue weighted by Gasteiger charge is -2.13. The summed E-state index contributed by atoms with van der Waals surface area (Å²) in [6, 6.07) is 10.6. The van der Waals surface area contributed by atoms with Gasteiger partial charge in [0.05, 0.1) is 19.2 Å². The Morgan fingerprint density at radius 1 is 1.08 bits per heavy atom. The summed E-state index contributed by atoms with van der Waals surface area (Å²) in [7, 11) is 1.55. The van der Waals surface area contributed by atoms with Crippen LogP contribution in [0.4, 0.5) is 11.5 Å². The zero-order valence-electron chi connectivity index (χ0n) is 14.0. The van der Waals surface area contributed by atoms with E-state index in [9.17, 15) is 10.2 Å². The third kappa shape index (κ3) is 2.64. The lowest BCUT2D eigenvalue weighted by molar-refractivity contribution is 0.274. The SMILES string of the molecule is COc1cc2c(Nc3ccc(O)c4ncccc34)ncnc2cc1CO. The molecule has 0 saturated heterocycles. The molecule has 2 aromatic heterocycles. The molecule has 130 valence electrons. The van der Waals surface area contributed by atoms with Crippen molar-refractivity contribution in [1.29, 1.82) is 0 Å². The Balaban J connectivity index is 1.87. The maximum absolute atomic E-state index is 10.0. The minimum Gasteiger partial charge on any atom is -0.506 e. The van der Waals surface area contributed by atoms with Crippen LogP contribution in [0.3, 0.4) is 0 Å². The summed E-state index contributed by atoms with van der Waals surface area (Å²) in [5.74, 6) is 1.27. The topological polar surface area (TPSA) is 100 Å². The highest BCUT2D eigenvalue weighted by Gasteiger charge is 2.12. The minimum absolute atomic E-state index is 0.118. The van der Waals surface area contributed by atoms with Gasteiger partial charge >= 0.3 is 0 Å². The molecule has 0 aliphatic heterocycles. The molecule has 0 aliphatic rings. The van der Waals surface area contributed by atoms with Gasteiger partial charge in [0.15, 0.2) is 0 Å². The molecule has 2 heterocycles. The number of aromatic nitrogens is 3. The van der Waals surface area contributed by atoms with Crippen LogP contribution in [0.2, 0.25) is 0 Å². The highest BCUT2D eigenvalue weighted by atomic mass is 16.5. The number of phenols is 1. The summed E-state index contributed by atoms with van der Waals surface area (Å²) in [4.78, 5) is 12.8. The van der Waals surface area contributed by atoms with Crippen LogP contribution in [0.15, 0.2) is 48.9 Å². The van der Waals surface area contributed by atoms with Crippen LogP contribution < -0.4 is 10.1 Å². The molecule has 0 aliphatic carbocycles. The van der Waals surface area contributed by atoms with Gasteiger partial charge in [-0.1, -0.05) is 0 Å². The number of rotatable bonds is 4. The van der Waals surface area contributed by atoms with E-state index in [0.717, 1.165) is 16.5 Å². The smallest absolute Gasteiger partial charge is 0.141 e. The first kappa shape index (κ1) is 16.0. The second kappa shape index (κ2) is 6.45. The number of anilines is 2. The molecular weight excluding hydrogens is 332 g/mol. The van der Waals surface area contributed by atoms with Crippen LogP contribution >= 0.6 is 0 Å². The van der Waals surface area contributed by atoms with Gasteiger partial charge in [0.2, 0.25) is 0 Å². The Morgan fingerprint density at radius 2 is 1.96 bits per heavy atom. The number of methoxy groups -OCH3 is 1. The molecule has 7 nitrogen and oxygen atoms in total. The molecule has 3 N–H and O–H groups in total. The number of benzene rings is 2. The molecule has 2 aromatic carbocycles. The van der Waals surface area contributed by atoms with E-state index in [4.69, 9.17) is 4.74 Å². The Labute approximate surface area is 148 Å².